The zero-order chi connectivity index (χ0) is 22.9. The third-order valence-corrected chi connectivity index (χ3v) is 6.05. The number of oxazole rings is 1. The van der Waals surface area contributed by atoms with Crippen LogP contribution < -0.4 is 5.43 Å². The highest BCUT2D eigenvalue weighted by atomic mass is 16.7. The minimum atomic E-state index is -0.0396. The molecular formula is C25H27N5O3. The first-order chi connectivity index (χ1) is 16.1. The van der Waals surface area contributed by atoms with E-state index in [-0.39, 0.29) is 11.8 Å². The molecule has 1 aromatic heterocycles. The second-order valence-electron chi connectivity index (χ2n) is 8.31. The lowest BCUT2D eigenvalue weighted by Crippen LogP contribution is -2.33. The molecule has 0 fully saturated rings. The van der Waals surface area contributed by atoms with Crippen LogP contribution in [0.2, 0.25) is 0 Å². The summed E-state index contributed by atoms with van der Waals surface area (Å²) in [6.07, 6.45) is 3.32. The highest BCUT2D eigenvalue weighted by Gasteiger charge is 2.25. The Bertz CT molecular complexity index is 1240. The van der Waals surface area contributed by atoms with Gasteiger partial charge in [-0.15, -0.1) is 0 Å². The minimum absolute atomic E-state index is 0.0396. The monoisotopic (exact) mass is 445 g/mol. The van der Waals surface area contributed by atoms with Crippen LogP contribution in [0.1, 0.15) is 37.8 Å². The third kappa shape index (κ3) is 4.09. The van der Waals surface area contributed by atoms with E-state index < -0.39 is 0 Å². The summed E-state index contributed by atoms with van der Waals surface area (Å²) in [7, 11) is 2.04. The first kappa shape index (κ1) is 21.2. The Morgan fingerprint density at radius 3 is 2.64 bits per heavy atom. The van der Waals surface area contributed by atoms with Crippen molar-refractivity contribution in [3.8, 4) is 11.5 Å². The number of nitrogens with zero attached hydrogens (tertiary/aromatic N) is 4. The van der Waals surface area contributed by atoms with Gasteiger partial charge >= 0.3 is 0 Å². The number of hydroxylamine groups is 2. The Labute approximate surface area is 192 Å². The smallest absolute Gasteiger partial charge is 0.240 e. The molecule has 8 nitrogen and oxygen atoms in total. The van der Waals surface area contributed by atoms with Crippen molar-refractivity contribution in [2.75, 3.05) is 20.3 Å². The number of nitrogens with one attached hydrogen (secondary N) is 1. The number of carbonyl (C=O) groups is 1. The van der Waals surface area contributed by atoms with Crippen LogP contribution in [0, 0.1) is 5.92 Å². The zero-order valence-corrected chi connectivity index (χ0v) is 19.0. The van der Waals surface area contributed by atoms with Crippen LogP contribution in [0.4, 0.5) is 0 Å². The number of hydrogen-bond donors (Lipinski definition) is 1. The van der Waals surface area contributed by atoms with Gasteiger partial charge in [-0.05, 0) is 43.2 Å². The number of hydrogen-bond acceptors (Lipinski definition) is 7. The van der Waals surface area contributed by atoms with E-state index >= 15 is 0 Å². The first-order valence-corrected chi connectivity index (χ1v) is 11.3. The molecule has 5 rings (SSSR count). The molecule has 0 saturated carbocycles. The standard InChI is InChI=1S/C25H27N5O3/c1-4-16-13-23(31)27-28-24(16)19-10-11-20-22(12-19)33-25(26-20)18-8-6-17(7-9-18)21-14-30(32-5-2)15-29(21)3/h6-12,14,16H,4-5,13,15H2,1-3H3,(H,27,31). The van der Waals surface area contributed by atoms with Crippen molar-refractivity contribution in [1.82, 2.24) is 20.4 Å². The molecule has 1 unspecified atom stereocenters. The summed E-state index contributed by atoms with van der Waals surface area (Å²) in [5.74, 6) is 0.638. The van der Waals surface area contributed by atoms with Gasteiger partial charge < -0.3 is 9.32 Å². The van der Waals surface area contributed by atoms with Crippen LogP contribution in [0.3, 0.4) is 0 Å². The second kappa shape index (κ2) is 8.71. The van der Waals surface area contributed by atoms with Gasteiger partial charge in [0.05, 0.1) is 24.2 Å². The van der Waals surface area contributed by atoms with E-state index in [1.807, 2.05) is 55.6 Å². The lowest BCUT2D eigenvalue weighted by molar-refractivity contribution is -0.122. The SMILES string of the molecule is CCON1C=C(c2ccc(-c3nc4ccc(C5=NNC(=O)CC5CC)cc4o3)cc2)N(C)C1. The van der Waals surface area contributed by atoms with Gasteiger partial charge in [0.25, 0.3) is 0 Å². The second-order valence-corrected chi connectivity index (χ2v) is 8.31. The maximum Gasteiger partial charge on any atom is 0.240 e. The maximum atomic E-state index is 11.7. The number of fused-ring (bicyclic) bond motifs is 1. The van der Waals surface area contributed by atoms with Crippen molar-refractivity contribution < 1.29 is 14.0 Å². The van der Waals surface area contributed by atoms with Crippen LogP contribution in [0.5, 0.6) is 0 Å². The number of carbonyl (C=O) groups excluding carboxylic acids is 1. The number of rotatable bonds is 6. The van der Waals surface area contributed by atoms with E-state index in [2.05, 4.69) is 39.5 Å². The highest BCUT2D eigenvalue weighted by Crippen LogP contribution is 2.30. The van der Waals surface area contributed by atoms with Gasteiger partial charge in [-0.3, -0.25) is 9.63 Å². The molecule has 1 amide bonds. The molecular weight excluding hydrogens is 418 g/mol. The Balaban J connectivity index is 1.41. The molecule has 0 aliphatic carbocycles. The number of hydrazone groups is 1. The fourth-order valence-corrected chi connectivity index (χ4v) is 4.31. The number of benzene rings is 2. The van der Waals surface area contributed by atoms with E-state index in [0.29, 0.717) is 31.2 Å². The zero-order valence-electron chi connectivity index (χ0n) is 19.0. The molecule has 1 N–H and O–H groups in total. The molecule has 8 heteroatoms. The lowest BCUT2D eigenvalue weighted by atomic mass is 9.90. The minimum Gasteiger partial charge on any atom is -0.436 e. The van der Waals surface area contributed by atoms with Crippen molar-refractivity contribution in [2.45, 2.75) is 26.7 Å². The summed E-state index contributed by atoms with van der Waals surface area (Å²) < 4.78 is 6.10. The summed E-state index contributed by atoms with van der Waals surface area (Å²) in [5, 5.41) is 6.15. The van der Waals surface area contributed by atoms with Gasteiger partial charge in [0, 0.05) is 30.5 Å². The van der Waals surface area contributed by atoms with Crippen LogP contribution in [-0.2, 0) is 9.63 Å². The van der Waals surface area contributed by atoms with Crippen molar-refractivity contribution in [1.29, 1.82) is 0 Å². The molecule has 0 saturated heterocycles. The summed E-state index contributed by atoms with van der Waals surface area (Å²) in [6.45, 7) is 5.39. The summed E-state index contributed by atoms with van der Waals surface area (Å²) in [5.41, 5.74) is 9.03. The Kier molecular flexibility index (Phi) is 5.60. The normalized spacial score (nSPS) is 18.5. The van der Waals surface area contributed by atoms with E-state index in [9.17, 15) is 4.79 Å². The summed E-state index contributed by atoms with van der Waals surface area (Å²) >= 11 is 0. The molecule has 2 aliphatic rings. The molecule has 2 aromatic carbocycles. The largest absolute Gasteiger partial charge is 0.436 e. The molecule has 2 aliphatic heterocycles. The first-order valence-electron chi connectivity index (χ1n) is 11.3. The summed E-state index contributed by atoms with van der Waals surface area (Å²) in [6, 6.07) is 14.1. The van der Waals surface area contributed by atoms with Crippen molar-refractivity contribution in [3.63, 3.8) is 0 Å². The molecule has 0 bridgehead atoms. The number of aromatic nitrogens is 1. The molecule has 33 heavy (non-hydrogen) atoms. The number of amides is 1. The van der Waals surface area contributed by atoms with E-state index in [1.165, 1.54) is 0 Å². The molecule has 1 atom stereocenters. The van der Waals surface area contributed by atoms with Gasteiger partial charge in [0.1, 0.15) is 12.2 Å². The predicted molar refractivity (Wildman–Crippen MR) is 127 cm³/mol. The molecule has 170 valence electrons. The topological polar surface area (TPSA) is 83.2 Å². The van der Waals surface area contributed by atoms with Gasteiger partial charge in [-0.2, -0.15) is 5.10 Å². The van der Waals surface area contributed by atoms with Gasteiger partial charge in [-0.1, -0.05) is 25.1 Å². The van der Waals surface area contributed by atoms with Gasteiger partial charge in [0.2, 0.25) is 11.8 Å². The Morgan fingerprint density at radius 1 is 1.12 bits per heavy atom. The van der Waals surface area contributed by atoms with Crippen LogP contribution >= 0.6 is 0 Å². The van der Waals surface area contributed by atoms with E-state index in [0.717, 1.165) is 40.0 Å². The Hall–Kier alpha value is -3.65. The molecule has 3 heterocycles. The average molecular weight is 446 g/mol. The molecule has 0 radical (unpaired) electrons. The third-order valence-electron chi connectivity index (χ3n) is 6.05. The molecule has 3 aromatic rings. The van der Waals surface area contributed by atoms with Gasteiger partial charge in [0.15, 0.2) is 5.58 Å². The van der Waals surface area contributed by atoms with Gasteiger partial charge in [-0.25, -0.2) is 15.5 Å². The lowest BCUT2D eigenvalue weighted by Gasteiger charge is -2.21. The van der Waals surface area contributed by atoms with E-state index in [1.54, 1.807) is 0 Å². The highest BCUT2D eigenvalue weighted by molar-refractivity contribution is 6.07. The van der Waals surface area contributed by atoms with Crippen LogP contribution in [0.25, 0.3) is 28.3 Å². The average Bonchev–Trinajstić information content (AvgIpc) is 3.42. The predicted octanol–water partition coefficient (Wildman–Crippen LogP) is 4.20. The summed E-state index contributed by atoms with van der Waals surface area (Å²) in [4.78, 5) is 24.1. The van der Waals surface area contributed by atoms with Crippen LogP contribution in [0.15, 0.2) is 58.2 Å². The van der Waals surface area contributed by atoms with E-state index in [4.69, 9.17) is 9.25 Å². The maximum absolute atomic E-state index is 11.7. The quantitative estimate of drug-likeness (QED) is 0.612. The van der Waals surface area contributed by atoms with Crippen molar-refractivity contribution >= 4 is 28.4 Å². The van der Waals surface area contributed by atoms with Crippen molar-refractivity contribution in [3.05, 3.63) is 59.8 Å². The molecule has 0 spiro atoms. The van der Waals surface area contributed by atoms with Crippen molar-refractivity contribution in [2.24, 2.45) is 11.0 Å². The fourth-order valence-electron chi connectivity index (χ4n) is 4.31. The van der Waals surface area contributed by atoms with Crippen LogP contribution in [-0.4, -0.2) is 46.9 Å². The fraction of sp³-hybridized carbons (Fsp3) is 0.320. The Morgan fingerprint density at radius 2 is 1.88 bits per heavy atom.